The predicted octanol–water partition coefficient (Wildman–Crippen LogP) is 1.84. The second-order valence-corrected chi connectivity index (χ2v) is 9.30. The summed E-state index contributed by atoms with van der Waals surface area (Å²) >= 11 is 7.85. The summed E-state index contributed by atoms with van der Waals surface area (Å²) in [5.41, 5.74) is 0. The average molecular weight is 418 g/mol. The van der Waals surface area contributed by atoms with E-state index in [1.54, 1.807) is 18.7 Å². The van der Waals surface area contributed by atoms with Gasteiger partial charge in [-0.05, 0) is 57.2 Å². The van der Waals surface area contributed by atoms with Crippen LogP contribution in [0.1, 0.15) is 39.0 Å². The number of carbonyl (C=O) groups is 3. The smallest absolute Gasteiger partial charge is 0.413 e. The van der Waals surface area contributed by atoms with Crippen LogP contribution < -0.4 is 16.0 Å². The van der Waals surface area contributed by atoms with E-state index in [1.807, 2.05) is 0 Å². The van der Waals surface area contributed by atoms with Crippen LogP contribution in [0, 0.1) is 17.8 Å². The molecule has 3 fully saturated rings. The Morgan fingerprint density at radius 3 is 2.74 bits per heavy atom. The predicted molar refractivity (Wildman–Crippen MR) is 105 cm³/mol. The van der Waals surface area contributed by atoms with Crippen LogP contribution in [0.5, 0.6) is 0 Å². The van der Waals surface area contributed by atoms with Crippen molar-refractivity contribution in [2.45, 2.75) is 55.8 Å². The molecule has 27 heavy (non-hydrogen) atoms. The third-order valence-corrected chi connectivity index (χ3v) is 7.44. The largest absolute Gasteiger partial charge is 0.450 e. The van der Waals surface area contributed by atoms with Gasteiger partial charge in [-0.15, -0.1) is 23.4 Å². The molecular formula is C18H28ClN3O4S. The first kappa shape index (κ1) is 20.7. The Kier molecular flexibility index (Phi) is 7.28. The van der Waals surface area contributed by atoms with E-state index in [-0.39, 0.29) is 35.1 Å². The standard InChI is InChI=1S/C18H28ClN3O4S/c1-2-26-18(25)22-16(24)13-6-8-27-17(13)21-15(23)12-5-7-20-14-9-10(19)3-4-11(12)14/h10-14,17,20H,2-9H2,1H3,(H,21,23)(H,22,24,25). The number of hydrogen-bond donors (Lipinski definition) is 3. The molecule has 2 heterocycles. The van der Waals surface area contributed by atoms with E-state index < -0.39 is 12.0 Å². The third kappa shape index (κ3) is 5.09. The van der Waals surface area contributed by atoms with E-state index in [1.165, 1.54) is 0 Å². The van der Waals surface area contributed by atoms with Crippen molar-refractivity contribution in [2.24, 2.45) is 17.8 Å². The molecule has 3 N–H and O–H groups in total. The lowest BCUT2D eigenvalue weighted by Crippen LogP contribution is -2.55. The zero-order valence-electron chi connectivity index (χ0n) is 15.5. The zero-order valence-corrected chi connectivity index (χ0v) is 17.1. The first-order valence-corrected chi connectivity index (χ1v) is 11.2. The molecule has 2 saturated heterocycles. The molecule has 0 bridgehead atoms. The van der Waals surface area contributed by atoms with Crippen molar-refractivity contribution in [3.63, 3.8) is 0 Å². The second kappa shape index (κ2) is 9.47. The summed E-state index contributed by atoms with van der Waals surface area (Å²) in [5.74, 6) is 0.252. The molecule has 152 valence electrons. The fourth-order valence-corrected chi connectivity index (χ4v) is 6.08. The molecule has 9 heteroatoms. The number of fused-ring (bicyclic) bond motifs is 1. The van der Waals surface area contributed by atoms with Crippen LogP contribution in [0.15, 0.2) is 0 Å². The first-order valence-electron chi connectivity index (χ1n) is 9.76. The van der Waals surface area contributed by atoms with Gasteiger partial charge in [-0.1, -0.05) is 0 Å². The van der Waals surface area contributed by atoms with Gasteiger partial charge in [0.25, 0.3) is 0 Å². The number of nitrogens with one attached hydrogen (secondary N) is 3. The summed E-state index contributed by atoms with van der Waals surface area (Å²) in [6.07, 6.45) is 3.50. The number of alkyl halides is 1. The van der Waals surface area contributed by atoms with E-state index >= 15 is 0 Å². The van der Waals surface area contributed by atoms with Crippen molar-refractivity contribution in [3.8, 4) is 0 Å². The van der Waals surface area contributed by atoms with Gasteiger partial charge in [0.15, 0.2) is 0 Å². The van der Waals surface area contributed by atoms with E-state index in [0.29, 0.717) is 18.4 Å². The van der Waals surface area contributed by atoms with Gasteiger partial charge in [0, 0.05) is 17.3 Å². The molecular weight excluding hydrogens is 390 g/mol. The Hall–Kier alpha value is -0.990. The number of carbonyl (C=O) groups excluding carboxylic acids is 3. The van der Waals surface area contributed by atoms with Crippen LogP contribution >= 0.6 is 23.4 Å². The van der Waals surface area contributed by atoms with Crippen molar-refractivity contribution in [2.75, 3.05) is 18.9 Å². The average Bonchev–Trinajstić information content (AvgIpc) is 3.09. The second-order valence-electron chi connectivity index (χ2n) is 7.43. The van der Waals surface area contributed by atoms with E-state index in [9.17, 15) is 14.4 Å². The molecule has 6 unspecified atom stereocenters. The molecule has 0 radical (unpaired) electrons. The maximum absolute atomic E-state index is 13.0. The molecule has 1 saturated carbocycles. The number of ether oxygens (including phenoxy) is 1. The molecule has 3 rings (SSSR count). The Morgan fingerprint density at radius 1 is 1.15 bits per heavy atom. The fourth-order valence-electron chi connectivity index (χ4n) is 4.43. The molecule has 7 nitrogen and oxygen atoms in total. The number of imide groups is 1. The number of amides is 3. The maximum atomic E-state index is 13.0. The number of piperidine rings is 1. The lowest BCUT2D eigenvalue weighted by atomic mass is 9.72. The number of hydrogen-bond acceptors (Lipinski definition) is 6. The van der Waals surface area contributed by atoms with Crippen molar-refractivity contribution >= 4 is 41.3 Å². The van der Waals surface area contributed by atoms with Crippen molar-refractivity contribution < 1.29 is 19.1 Å². The molecule has 3 aliphatic rings. The van der Waals surface area contributed by atoms with Gasteiger partial charge in [-0.25, -0.2) is 4.79 Å². The quantitative estimate of drug-likeness (QED) is 0.604. The number of alkyl carbamates (subject to hydrolysis) is 1. The number of rotatable bonds is 4. The summed E-state index contributed by atoms with van der Waals surface area (Å²) in [6.45, 7) is 2.70. The molecule has 0 aromatic heterocycles. The molecule has 2 aliphatic heterocycles. The minimum atomic E-state index is -0.733. The maximum Gasteiger partial charge on any atom is 0.413 e. The molecule has 0 aromatic carbocycles. The molecule has 6 atom stereocenters. The highest BCUT2D eigenvalue weighted by Crippen LogP contribution is 2.38. The minimum Gasteiger partial charge on any atom is -0.450 e. The van der Waals surface area contributed by atoms with Gasteiger partial charge in [0.05, 0.1) is 17.9 Å². The van der Waals surface area contributed by atoms with Crippen LogP contribution in [0.4, 0.5) is 4.79 Å². The molecule has 0 aromatic rings. The van der Waals surface area contributed by atoms with Crippen molar-refractivity contribution in [1.29, 1.82) is 0 Å². The van der Waals surface area contributed by atoms with Gasteiger partial charge in [0.1, 0.15) is 0 Å². The van der Waals surface area contributed by atoms with Gasteiger partial charge >= 0.3 is 6.09 Å². The highest BCUT2D eigenvalue weighted by Gasteiger charge is 2.42. The van der Waals surface area contributed by atoms with Gasteiger partial charge in [-0.3, -0.25) is 14.9 Å². The van der Waals surface area contributed by atoms with E-state index in [4.69, 9.17) is 16.3 Å². The Labute approximate surface area is 169 Å². The van der Waals surface area contributed by atoms with Gasteiger partial charge < -0.3 is 15.4 Å². The van der Waals surface area contributed by atoms with E-state index in [2.05, 4.69) is 16.0 Å². The van der Waals surface area contributed by atoms with Gasteiger partial charge in [-0.2, -0.15) is 0 Å². The minimum absolute atomic E-state index is 0.0212. The first-order chi connectivity index (χ1) is 13.0. The highest BCUT2D eigenvalue weighted by atomic mass is 35.5. The Morgan fingerprint density at radius 2 is 1.96 bits per heavy atom. The third-order valence-electron chi connectivity index (χ3n) is 5.77. The Balaban J connectivity index is 1.57. The lowest BCUT2D eigenvalue weighted by molar-refractivity contribution is -0.130. The van der Waals surface area contributed by atoms with E-state index in [0.717, 1.165) is 38.0 Å². The summed E-state index contributed by atoms with van der Waals surface area (Å²) in [7, 11) is 0. The number of thioether (sulfide) groups is 1. The van der Waals surface area contributed by atoms with Crippen molar-refractivity contribution in [1.82, 2.24) is 16.0 Å². The molecule has 3 amide bonds. The Bertz CT molecular complexity index is 579. The monoisotopic (exact) mass is 417 g/mol. The van der Waals surface area contributed by atoms with Crippen LogP contribution in [-0.2, 0) is 14.3 Å². The normalized spacial score (nSPS) is 35.8. The topological polar surface area (TPSA) is 96.5 Å². The summed E-state index contributed by atoms with van der Waals surface area (Å²) in [5, 5.41) is 8.73. The summed E-state index contributed by atoms with van der Waals surface area (Å²) < 4.78 is 4.77. The highest BCUT2D eigenvalue weighted by molar-refractivity contribution is 8.00. The molecule has 0 spiro atoms. The van der Waals surface area contributed by atoms with Crippen molar-refractivity contribution in [3.05, 3.63) is 0 Å². The van der Waals surface area contributed by atoms with Crippen LogP contribution in [0.25, 0.3) is 0 Å². The lowest BCUT2D eigenvalue weighted by Gasteiger charge is -2.43. The van der Waals surface area contributed by atoms with Crippen LogP contribution in [0.3, 0.4) is 0 Å². The summed E-state index contributed by atoms with van der Waals surface area (Å²) in [4.78, 5) is 36.8. The molecule has 1 aliphatic carbocycles. The SMILES string of the molecule is CCOC(=O)NC(=O)C1CCSC1NC(=O)C1CCNC2CC(Cl)CCC21. The zero-order chi connectivity index (χ0) is 19.4. The van der Waals surface area contributed by atoms with Crippen LogP contribution in [-0.4, -0.2) is 53.6 Å². The fraction of sp³-hybridized carbons (Fsp3) is 0.833. The number of halogens is 1. The summed E-state index contributed by atoms with van der Waals surface area (Å²) in [6, 6.07) is 0.296. The van der Waals surface area contributed by atoms with Crippen LogP contribution in [0.2, 0.25) is 0 Å². The van der Waals surface area contributed by atoms with Gasteiger partial charge in [0.2, 0.25) is 11.8 Å².